The topological polar surface area (TPSA) is 69.7 Å². The zero-order chi connectivity index (χ0) is 17.7. The SMILES string of the molecule is CC(CNC(=O)CN(C)C1CCS(=O)(=O)C1)N(C)c1ccccc1. The minimum atomic E-state index is -2.92. The van der Waals surface area contributed by atoms with Crippen LogP contribution in [-0.4, -0.2) is 70.0 Å². The first-order valence-corrected chi connectivity index (χ1v) is 10.1. The molecule has 2 rings (SSSR count). The zero-order valence-corrected chi connectivity index (χ0v) is 15.4. The third-order valence-corrected chi connectivity index (χ3v) is 6.39. The number of para-hydroxylation sites is 1. The van der Waals surface area contributed by atoms with E-state index >= 15 is 0 Å². The van der Waals surface area contributed by atoms with Crippen molar-refractivity contribution in [2.24, 2.45) is 0 Å². The number of likely N-dealkylation sites (N-methyl/N-ethyl adjacent to an activating group) is 2. The summed E-state index contributed by atoms with van der Waals surface area (Å²) in [6, 6.07) is 10.1. The quantitative estimate of drug-likeness (QED) is 0.783. The molecule has 0 bridgehead atoms. The predicted molar refractivity (Wildman–Crippen MR) is 97.0 cm³/mol. The highest BCUT2D eigenvalue weighted by Gasteiger charge is 2.31. The molecule has 1 fully saturated rings. The minimum absolute atomic E-state index is 0.0508. The standard InChI is InChI=1S/C17H27N3O3S/c1-14(20(3)15-7-5-4-6-8-15)11-18-17(21)12-19(2)16-9-10-24(22,23)13-16/h4-8,14,16H,9-13H2,1-3H3,(H,18,21). The van der Waals surface area contributed by atoms with Crippen LogP contribution in [-0.2, 0) is 14.6 Å². The molecule has 134 valence electrons. The van der Waals surface area contributed by atoms with Crippen molar-refractivity contribution in [1.29, 1.82) is 0 Å². The van der Waals surface area contributed by atoms with Crippen LogP contribution in [0.4, 0.5) is 5.69 Å². The molecule has 1 aliphatic rings. The van der Waals surface area contributed by atoms with Gasteiger partial charge in [0.1, 0.15) is 0 Å². The summed E-state index contributed by atoms with van der Waals surface area (Å²) < 4.78 is 23.0. The molecule has 0 aliphatic carbocycles. The molecule has 1 heterocycles. The second-order valence-corrected chi connectivity index (χ2v) is 8.80. The molecular weight excluding hydrogens is 326 g/mol. The highest BCUT2D eigenvalue weighted by atomic mass is 32.2. The molecule has 6 nitrogen and oxygen atoms in total. The molecule has 1 aliphatic heterocycles. The van der Waals surface area contributed by atoms with Crippen LogP contribution in [0.1, 0.15) is 13.3 Å². The first-order chi connectivity index (χ1) is 11.3. The van der Waals surface area contributed by atoms with E-state index in [-0.39, 0.29) is 36.0 Å². The highest BCUT2D eigenvalue weighted by Crippen LogP contribution is 2.16. The van der Waals surface area contributed by atoms with Gasteiger partial charge in [-0.3, -0.25) is 9.69 Å². The number of carbonyl (C=O) groups is 1. The van der Waals surface area contributed by atoms with Crippen molar-refractivity contribution in [3.05, 3.63) is 30.3 Å². The van der Waals surface area contributed by atoms with Crippen molar-refractivity contribution in [2.45, 2.75) is 25.4 Å². The van der Waals surface area contributed by atoms with E-state index in [4.69, 9.17) is 0 Å². The number of benzene rings is 1. The van der Waals surface area contributed by atoms with Gasteiger partial charge in [-0.2, -0.15) is 0 Å². The number of sulfone groups is 1. The Labute approximate surface area is 144 Å². The summed E-state index contributed by atoms with van der Waals surface area (Å²) in [6.07, 6.45) is 0.610. The molecule has 1 amide bonds. The Bertz CT molecular complexity index is 648. The first kappa shape index (κ1) is 18.7. The fraction of sp³-hybridized carbons (Fsp3) is 0.588. The van der Waals surface area contributed by atoms with Gasteiger partial charge in [0.15, 0.2) is 9.84 Å². The molecule has 0 saturated carbocycles. The zero-order valence-electron chi connectivity index (χ0n) is 14.6. The summed E-state index contributed by atoms with van der Waals surface area (Å²) in [4.78, 5) is 16.1. The Morgan fingerprint density at radius 2 is 1.96 bits per heavy atom. The number of rotatable bonds is 7. The smallest absolute Gasteiger partial charge is 0.234 e. The molecule has 24 heavy (non-hydrogen) atoms. The Morgan fingerprint density at radius 1 is 1.29 bits per heavy atom. The van der Waals surface area contributed by atoms with E-state index in [2.05, 4.69) is 17.1 Å². The van der Waals surface area contributed by atoms with Crippen molar-refractivity contribution in [1.82, 2.24) is 10.2 Å². The number of nitrogens with one attached hydrogen (secondary N) is 1. The largest absolute Gasteiger partial charge is 0.370 e. The second-order valence-electron chi connectivity index (χ2n) is 6.57. The van der Waals surface area contributed by atoms with Gasteiger partial charge in [-0.15, -0.1) is 0 Å². The van der Waals surface area contributed by atoms with Crippen LogP contribution in [0.25, 0.3) is 0 Å². The van der Waals surface area contributed by atoms with Gasteiger partial charge < -0.3 is 10.2 Å². The second kappa shape index (κ2) is 7.98. The summed E-state index contributed by atoms with van der Waals surface area (Å²) >= 11 is 0. The molecule has 0 radical (unpaired) electrons. The number of hydrogen-bond acceptors (Lipinski definition) is 5. The lowest BCUT2D eigenvalue weighted by molar-refractivity contribution is -0.122. The molecule has 1 aromatic carbocycles. The number of hydrogen-bond donors (Lipinski definition) is 1. The van der Waals surface area contributed by atoms with E-state index in [0.717, 1.165) is 5.69 Å². The van der Waals surface area contributed by atoms with Crippen LogP contribution in [0.3, 0.4) is 0 Å². The molecule has 1 aromatic rings. The van der Waals surface area contributed by atoms with Gasteiger partial charge in [0.2, 0.25) is 5.91 Å². The monoisotopic (exact) mass is 353 g/mol. The molecule has 2 atom stereocenters. The van der Waals surface area contributed by atoms with Crippen LogP contribution < -0.4 is 10.2 Å². The fourth-order valence-electron chi connectivity index (χ4n) is 2.85. The van der Waals surface area contributed by atoms with Crippen LogP contribution in [0, 0.1) is 0 Å². The minimum Gasteiger partial charge on any atom is -0.370 e. The molecule has 0 aromatic heterocycles. The van der Waals surface area contributed by atoms with Gasteiger partial charge in [0, 0.05) is 31.4 Å². The van der Waals surface area contributed by atoms with Crippen LogP contribution in [0.2, 0.25) is 0 Å². The number of nitrogens with zero attached hydrogens (tertiary/aromatic N) is 2. The Kier molecular flexibility index (Phi) is 6.23. The molecule has 0 spiro atoms. The molecule has 2 unspecified atom stereocenters. The molecule has 1 saturated heterocycles. The van der Waals surface area contributed by atoms with Crippen molar-refractivity contribution in [3.8, 4) is 0 Å². The van der Waals surface area contributed by atoms with Gasteiger partial charge in [0.05, 0.1) is 18.1 Å². The summed E-state index contributed by atoms with van der Waals surface area (Å²) in [5, 5.41) is 2.94. The summed E-state index contributed by atoms with van der Waals surface area (Å²) in [7, 11) is 0.888. The maximum Gasteiger partial charge on any atom is 0.234 e. The fourth-order valence-corrected chi connectivity index (χ4v) is 4.66. The van der Waals surface area contributed by atoms with Crippen molar-refractivity contribution >= 4 is 21.4 Å². The number of anilines is 1. The molecule has 1 N–H and O–H groups in total. The van der Waals surface area contributed by atoms with Crippen molar-refractivity contribution in [3.63, 3.8) is 0 Å². The van der Waals surface area contributed by atoms with E-state index in [1.165, 1.54) is 0 Å². The maximum atomic E-state index is 12.1. The average Bonchev–Trinajstić information content (AvgIpc) is 2.93. The lowest BCUT2D eigenvalue weighted by Crippen LogP contribution is -2.45. The normalized spacial score (nSPS) is 20.8. The maximum absolute atomic E-state index is 12.1. The van der Waals surface area contributed by atoms with Crippen LogP contribution >= 0.6 is 0 Å². The third kappa shape index (κ3) is 5.21. The van der Waals surface area contributed by atoms with Crippen LogP contribution in [0.15, 0.2) is 30.3 Å². The van der Waals surface area contributed by atoms with Gasteiger partial charge in [-0.25, -0.2) is 8.42 Å². The van der Waals surface area contributed by atoms with Gasteiger partial charge >= 0.3 is 0 Å². The van der Waals surface area contributed by atoms with E-state index in [1.54, 1.807) is 0 Å². The molecule has 7 heteroatoms. The number of carbonyl (C=O) groups excluding carboxylic acids is 1. The van der Waals surface area contributed by atoms with E-state index in [9.17, 15) is 13.2 Å². The van der Waals surface area contributed by atoms with Gasteiger partial charge in [0.25, 0.3) is 0 Å². The van der Waals surface area contributed by atoms with E-state index in [0.29, 0.717) is 13.0 Å². The van der Waals surface area contributed by atoms with E-state index in [1.807, 2.05) is 49.3 Å². The highest BCUT2D eigenvalue weighted by molar-refractivity contribution is 7.91. The third-order valence-electron chi connectivity index (χ3n) is 4.64. The predicted octanol–water partition coefficient (Wildman–Crippen LogP) is 0.746. The Balaban J connectivity index is 1.76. The van der Waals surface area contributed by atoms with Gasteiger partial charge in [-0.1, -0.05) is 18.2 Å². The average molecular weight is 353 g/mol. The van der Waals surface area contributed by atoms with Crippen molar-refractivity contribution in [2.75, 3.05) is 43.6 Å². The Hall–Kier alpha value is -1.60. The Morgan fingerprint density at radius 3 is 2.54 bits per heavy atom. The lowest BCUT2D eigenvalue weighted by atomic mass is 10.2. The van der Waals surface area contributed by atoms with Crippen LogP contribution in [0.5, 0.6) is 0 Å². The van der Waals surface area contributed by atoms with Crippen molar-refractivity contribution < 1.29 is 13.2 Å². The summed E-state index contributed by atoms with van der Waals surface area (Å²) in [5.41, 5.74) is 1.10. The number of amides is 1. The molecular formula is C17H27N3O3S. The summed E-state index contributed by atoms with van der Waals surface area (Å²) in [5.74, 6) is 0.307. The van der Waals surface area contributed by atoms with E-state index < -0.39 is 9.84 Å². The van der Waals surface area contributed by atoms with Gasteiger partial charge in [-0.05, 0) is 32.5 Å². The summed E-state index contributed by atoms with van der Waals surface area (Å²) in [6.45, 7) is 2.82. The lowest BCUT2D eigenvalue weighted by Gasteiger charge is -2.28. The first-order valence-electron chi connectivity index (χ1n) is 8.24.